The van der Waals surface area contributed by atoms with Crippen LogP contribution in [0.15, 0.2) is 53.5 Å². The highest BCUT2D eigenvalue weighted by Crippen LogP contribution is 2.17. The quantitative estimate of drug-likeness (QED) is 0.342. The first-order valence-electron chi connectivity index (χ1n) is 9.76. The molecule has 2 N–H and O–H groups in total. The van der Waals surface area contributed by atoms with E-state index in [1.165, 1.54) is 6.07 Å². The molecule has 1 atom stereocenters. The number of nitrogens with one attached hydrogen (secondary N) is 2. The molecule has 0 amide bonds. The van der Waals surface area contributed by atoms with Crippen molar-refractivity contribution in [2.45, 2.75) is 26.5 Å². The number of aliphatic imine (C=N–C) groups is 1. The lowest BCUT2D eigenvalue weighted by molar-refractivity contribution is 0.146. The number of benzene rings is 2. The Balaban J connectivity index is 1.89. The normalized spacial score (nSPS) is 12.3. The molecule has 0 radical (unpaired) electrons. The summed E-state index contributed by atoms with van der Waals surface area (Å²) in [5.74, 6) is 1.34. The summed E-state index contributed by atoms with van der Waals surface area (Å²) in [5.41, 5.74) is 1.03. The van der Waals surface area contributed by atoms with E-state index in [4.69, 9.17) is 14.2 Å². The number of halogens is 1. The van der Waals surface area contributed by atoms with E-state index < -0.39 is 0 Å². The van der Waals surface area contributed by atoms with Gasteiger partial charge in [-0.2, -0.15) is 0 Å². The highest BCUT2D eigenvalue weighted by atomic mass is 19.1. The van der Waals surface area contributed by atoms with Gasteiger partial charge in [0, 0.05) is 13.7 Å². The lowest BCUT2D eigenvalue weighted by atomic mass is 10.2. The van der Waals surface area contributed by atoms with Crippen LogP contribution in [0.2, 0.25) is 0 Å². The van der Waals surface area contributed by atoms with Crippen molar-refractivity contribution >= 4 is 5.96 Å². The van der Waals surface area contributed by atoms with Crippen LogP contribution in [0.3, 0.4) is 0 Å². The van der Waals surface area contributed by atoms with Gasteiger partial charge in [-0.15, -0.1) is 0 Å². The standard InChI is InChI=1S/C22H30FN3O3/c1-4-24-22(25-15-17(2)29-21-11-6-5-10-20(21)23)26-16-18-8-7-9-19(14-18)28-13-12-27-3/h5-11,14,17H,4,12-13,15-16H2,1-3H3,(H2,24,25,26). The number of hydrogen-bond acceptors (Lipinski definition) is 4. The lowest BCUT2D eigenvalue weighted by Gasteiger charge is -2.18. The summed E-state index contributed by atoms with van der Waals surface area (Å²) in [5, 5.41) is 6.43. The van der Waals surface area contributed by atoms with Crippen LogP contribution in [0.5, 0.6) is 11.5 Å². The molecule has 0 aliphatic carbocycles. The largest absolute Gasteiger partial charge is 0.491 e. The van der Waals surface area contributed by atoms with Crippen LogP contribution in [0, 0.1) is 5.82 Å². The number of rotatable bonds is 11. The Bertz CT molecular complexity index is 770. The highest BCUT2D eigenvalue weighted by molar-refractivity contribution is 5.79. The Hall–Kier alpha value is -2.80. The van der Waals surface area contributed by atoms with E-state index in [2.05, 4.69) is 15.6 Å². The van der Waals surface area contributed by atoms with Gasteiger partial charge >= 0.3 is 0 Å². The van der Waals surface area contributed by atoms with Crippen molar-refractivity contribution in [3.63, 3.8) is 0 Å². The minimum absolute atomic E-state index is 0.228. The summed E-state index contributed by atoms with van der Waals surface area (Å²) in [6.07, 6.45) is -0.228. The Kier molecular flexibility index (Phi) is 9.78. The molecule has 2 rings (SSSR count). The van der Waals surface area contributed by atoms with Gasteiger partial charge in [-0.3, -0.25) is 0 Å². The van der Waals surface area contributed by atoms with Crippen LogP contribution in [-0.4, -0.2) is 45.5 Å². The van der Waals surface area contributed by atoms with Crippen LogP contribution in [0.25, 0.3) is 0 Å². The molecule has 158 valence electrons. The molecule has 2 aromatic carbocycles. The van der Waals surface area contributed by atoms with Crippen molar-refractivity contribution in [1.82, 2.24) is 10.6 Å². The first-order valence-corrected chi connectivity index (χ1v) is 9.76. The van der Waals surface area contributed by atoms with E-state index in [0.29, 0.717) is 32.3 Å². The van der Waals surface area contributed by atoms with Gasteiger partial charge in [-0.05, 0) is 43.7 Å². The Morgan fingerprint density at radius 2 is 1.93 bits per heavy atom. The second-order valence-electron chi connectivity index (χ2n) is 6.42. The number of hydrogen-bond donors (Lipinski definition) is 2. The van der Waals surface area contributed by atoms with Gasteiger partial charge < -0.3 is 24.8 Å². The summed E-state index contributed by atoms with van der Waals surface area (Å²) in [6, 6.07) is 14.2. The van der Waals surface area contributed by atoms with Crippen molar-refractivity contribution in [1.29, 1.82) is 0 Å². The molecule has 7 heteroatoms. The minimum atomic E-state index is -0.368. The molecule has 2 aromatic rings. The molecule has 0 saturated heterocycles. The summed E-state index contributed by atoms with van der Waals surface area (Å²) in [4.78, 5) is 4.60. The van der Waals surface area contributed by atoms with Gasteiger partial charge in [0.2, 0.25) is 0 Å². The molecule has 29 heavy (non-hydrogen) atoms. The predicted molar refractivity (Wildman–Crippen MR) is 113 cm³/mol. The number of guanidine groups is 1. The zero-order valence-electron chi connectivity index (χ0n) is 17.3. The van der Waals surface area contributed by atoms with Gasteiger partial charge in [0.1, 0.15) is 18.5 Å². The average molecular weight is 403 g/mol. The van der Waals surface area contributed by atoms with Gasteiger partial charge in [0.15, 0.2) is 17.5 Å². The second-order valence-corrected chi connectivity index (χ2v) is 6.42. The third kappa shape index (κ3) is 8.39. The minimum Gasteiger partial charge on any atom is -0.491 e. The van der Waals surface area contributed by atoms with Crippen LogP contribution in [0.4, 0.5) is 4.39 Å². The molecule has 0 saturated carbocycles. The molecule has 6 nitrogen and oxygen atoms in total. The van der Waals surface area contributed by atoms with Crippen molar-refractivity contribution in [3.05, 3.63) is 59.9 Å². The SMILES string of the molecule is CCNC(=NCc1cccc(OCCOC)c1)NCC(C)Oc1ccccc1F. The van der Waals surface area contributed by atoms with E-state index in [0.717, 1.165) is 17.9 Å². The number of ether oxygens (including phenoxy) is 3. The topological polar surface area (TPSA) is 64.1 Å². The maximum absolute atomic E-state index is 13.7. The van der Waals surface area contributed by atoms with Crippen LogP contribution in [0.1, 0.15) is 19.4 Å². The molecule has 0 spiro atoms. The van der Waals surface area contributed by atoms with Crippen molar-refractivity contribution in [3.8, 4) is 11.5 Å². The van der Waals surface area contributed by atoms with Crippen LogP contribution in [-0.2, 0) is 11.3 Å². The second kappa shape index (κ2) is 12.6. The summed E-state index contributed by atoms with van der Waals surface area (Å²) >= 11 is 0. The number of methoxy groups -OCH3 is 1. The molecule has 0 aromatic heterocycles. The number of para-hydroxylation sites is 1. The fourth-order valence-electron chi connectivity index (χ4n) is 2.53. The van der Waals surface area contributed by atoms with E-state index in [9.17, 15) is 4.39 Å². The van der Waals surface area contributed by atoms with E-state index in [1.807, 2.05) is 38.1 Å². The highest BCUT2D eigenvalue weighted by Gasteiger charge is 2.09. The molecular weight excluding hydrogens is 373 g/mol. The lowest BCUT2D eigenvalue weighted by Crippen LogP contribution is -2.41. The first kappa shape index (κ1) is 22.5. The predicted octanol–water partition coefficient (Wildman–Crippen LogP) is 3.37. The maximum atomic E-state index is 13.7. The van der Waals surface area contributed by atoms with Crippen molar-refractivity contribution < 1.29 is 18.6 Å². The van der Waals surface area contributed by atoms with E-state index in [-0.39, 0.29) is 17.7 Å². The summed E-state index contributed by atoms with van der Waals surface area (Å²) in [6.45, 7) is 6.65. The Morgan fingerprint density at radius 1 is 1.10 bits per heavy atom. The molecule has 0 heterocycles. The van der Waals surface area contributed by atoms with Crippen LogP contribution >= 0.6 is 0 Å². The summed E-state index contributed by atoms with van der Waals surface area (Å²) in [7, 11) is 1.64. The Morgan fingerprint density at radius 3 is 2.69 bits per heavy atom. The fourth-order valence-corrected chi connectivity index (χ4v) is 2.53. The van der Waals surface area contributed by atoms with E-state index in [1.54, 1.807) is 25.3 Å². The van der Waals surface area contributed by atoms with Crippen molar-refractivity contribution in [2.75, 3.05) is 33.4 Å². The zero-order chi connectivity index (χ0) is 20.9. The zero-order valence-corrected chi connectivity index (χ0v) is 17.3. The molecule has 0 aliphatic heterocycles. The van der Waals surface area contributed by atoms with Gasteiger partial charge in [0.25, 0.3) is 0 Å². The molecule has 0 fully saturated rings. The van der Waals surface area contributed by atoms with Gasteiger partial charge in [-0.25, -0.2) is 9.38 Å². The fraction of sp³-hybridized carbons (Fsp3) is 0.409. The maximum Gasteiger partial charge on any atom is 0.191 e. The third-order valence-electron chi connectivity index (χ3n) is 3.94. The van der Waals surface area contributed by atoms with Crippen molar-refractivity contribution in [2.24, 2.45) is 4.99 Å². The monoisotopic (exact) mass is 403 g/mol. The van der Waals surface area contributed by atoms with E-state index >= 15 is 0 Å². The Labute approximate surface area is 172 Å². The molecule has 0 aliphatic rings. The smallest absolute Gasteiger partial charge is 0.191 e. The molecular formula is C22H30FN3O3. The molecule has 1 unspecified atom stereocenters. The summed E-state index contributed by atoms with van der Waals surface area (Å²) < 4.78 is 30.0. The van der Waals surface area contributed by atoms with Gasteiger partial charge in [-0.1, -0.05) is 24.3 Å². The van der Waals surface area contributed by atoms with Gasteiger partial charge in [0.05, 0.1) is 19.7 Å². The first-order chi connectivity index (χ1) is 14.1. The third-order valence-corrected chi connectivity index (χ3v) is 3.94. The number of nitrogens with zero attached hydrogens (tertiary/aromatic N) is 1. The van der Waals surface area contributed by atoms with Crippen LogP contribution < -0.4 is 20.1 Å². The molecule has 0 bridgehead atoms. The average Bonchev–Trinajstić information content (AvgIpc) is 2.72.